The van der Waals surface area contributed by atoms with Gasteiger partial charge in [-0.3, -0.25) is 4.79 Å². The molecular formula is C19H20Cl2N2O2. The molecule has 0 radical (unpaired) electrons. The first-order valence-corrected chi connectivity index (χ1v) is 8.53. The summed E-state index contributed by atoms with van der Waals surface area (Å²) in [6, 6.07) is 12.7. The van der Waals surface area contributed by atoms with Crippen LogP contribution in [0.1, 0.15) is 31.9 Å². The van der Waals surface area contributed by atoms with Gasteiger partial charge in [-0.25, -0.2) is 0 Å². The summed E-state index contributed by atoms with van der Waals surface area (Å²) in [6.07, 6.45) is 1.44. The SMILES string of the molecule is CC(C)(C)c1ccccc1NC(=O)CON=Cc1ccc(Cl)cc1Cl. The molecule has 25 heavy (non-hydrogen) atoms. The van der Waals surface area contributed by atoms with E-state index in [1.165, 1.54) is 6.21 Å². The van der Waals surface area contributed by atoms with Crippen molar-refractivity contribution >= 4 is 41.0 Å². The van der Waals surface area contributed by atoms with Gasteiger partial charge in [0.05, 0.1) is 11.2 Å². The van der Waals surface area contributed by atoms with Crippen LogP contribution < -0.4 is 5.32 Å². The van der Waals surface area contributed by atoms with Gasteiger partial charge in [0.25, 0.3) is 5.91 Å². The van der Waals surface area contributed by atoms with Crippen LogP contribution in [0.4, 0.5) is 5.69 Å². The lowest BCUT2D eigenvalue weighted by Gasteiger charge is -2.22. The van der Waals surface area contributed by atoms with Gasteiger partial charge >= 0.3 is 0 Å². The molecule has 0 aromatic heterocycles. The zero-order valence-corrected chi connectivity index (χ0v) is 15.9. The highest BCUT2D eigenvalue weighted by atomic mass is 35.5. The molecule has 0 saturated carbocycles. The van der Waals surface area contributed by atoms with Crippen LogP contribution in [0.3, 0.4) is 0 Å². The van der Waals surface area contributed by atoms with Crippen LogP contribution in [0, 0.1) is 0 Å². The number of halogens is 2. The Morgan fingerprint density at radius 3 is 2.60 bits per heavy atom. The third-order valence-electron chi connectivity index (χ3n) is 3.43. The highest BCUT2D eigenvalue weighted by Crippen LogP contribution is 2.29. The lowest BCUT2D eigenvalue weighted by molar-refractivity contribution is -0.120. The van der Waals surface area contributed by atoms with E-state index in [-0.39, 0.29) is 17.9 Å². The molecule has 2 aromatic rings. The van der Waals surface area contributed by atoms with Gasteiger partial charge in [-0.2, -0.15) is 0 Å². The number of carbonyl (C=O) groups excluding carboxylic acids is 1. The fourth-order valence-electron chi connectivity index (χ4n) is 2.23. The Balaban J connectivity index is 1.93. The van der Waals surface area contributed by atoms with Gasteiger partial charge in [0.1, 0.15) is 0 Å². The summed E-state index contributed by atoms with van der Waals surface area (Å²) in [6.45, 7) is 6.08. The molecule has 0 aliphatic heterocycles. The molecule has 2 rings (SSSR count). The average molecular weight is 379 g/mol. The molecule has 1 N–H and O–H groups in total. The normalized spacial score (nSPS) is 11.6. The Bertz CT molecular complexity index is 783. The number of para-hydroxylation sites is 1. The van der Waals surface area contributed by atoms with Crippen LogP contribution in [-0.4, -0.2) is 18.7 Å². The van der Waals surface area contributed by atoms with Crippen molar-refractivity contribution in [2.45, 2.75) is 26.2 Å². The van der Waals surface area contributed by atoms with Crippen molar-refractivity contribution in [2.24, 2.45) is 5.16 Å². The molecule has 0 aliphatic carbocycles. The van der Waals surface area contributed by atoms with Gasteiger partial charge in [-0.1, -0.05) is 73.4 Å². The maximum absolute atomic E-state index is 12.1. The van der Waals surface area contributed by atoms with E-state index in [0.717, 1.165) is 11.3 Å². The van der Waals surface area contributed by atoms with Crippen molar-refractivity contribution in [2.75, 3.05) is 11.9 Å². The predicted octanol–water partition coefficient (Wildman–Crippen LogP) is 5.28. The molecular weight excluding hydrogens is 359 g/mol. The van der Waals surface area contributed by atoms with E-state index in [4.69, 9.17) is 28.0 Å². The third-order valence-corrected chi connectivity index (χ3v) is 4.00. The summed E-state index contributed by atoms with van der Waals surface area (Å²) in [4.78, 5) is 17.1. The lowest BCUT2D eigenvalue weighted by atomic mass is 9.86. The number of anilines is 1. The first-order valence-electron chi connectivity index (χ1n) is 7.77. The van der Waals surface area contributed by atoms with Gasteiger partial charge < -0.3 is 10.2 Å². The molecule has 0 spiro atoms. The second kappa shape index (κ2) is 8.37. The molecule has 1 amide bonds. The number of amides is 1. The first kappa shape index (κ1) is 19.3. The number of hydrogen-bond donors (Lipinski definition) is 1. The fraction of sp³-hybridized carbons (Fsp3) is 0.263. The van der Waals surface area contributed by atoms with Crippen molar-refractivity contribution in [3.63, 3.8) is 0 Å². The Morgan fingerprint density at radius 1 is 1.20 bits per heavy atom. The van der Waals surface area contributed by atoms with Gasteiger partial charge in [0, 0.05) is 16.3 Å². The molecule has 0 aliphatic rings. The van der Waals surface area contributed by atoms with Crippen LogP contribution >= 0.6 is 23.2 Å². The third kappa shape index (κ3) is 5.76. The molecule has 4 nitrogen and oxygen atoms in total. The van der Waals surface area contributed by atoms with Crippen molar-refractivity contribution in [3.05, 3.63) is 63.6 Å². The highest BCUT2D eigenvalue weighted by Gasteiger charge is 2.18. The standard InChI is InChI=1S/C19H20Cl2N2O2/c1-19(2,3)15-6-4-5-7-17(15)23-18(24)12-25-22-11-13-8-9-14(20)10-16(13)21/h4-11H,12H2,1-3H3,(H,23,24). The summed E-state index contributed by atoms with van der Waals surface area (Å²) >= 11 is 11.9. The van der Waals surface area contributed by atoms with Crippen LogP contribution in [0.5, 0.6) is 0 Å². The molecule has 0 saturated heterocycles. The monoisotopic (exact) mass is 378 g/mol. The van der Waals surface area contributed by atoms with Crippen LogP contribution in [0.25, 0.3) is 0 Å². The smallest absolute Gasteiger partial charge is 0.265 e. The van der Waals surface area contributed by atoms with E-state index < -0.39 is 0 Å². The van der Waals surface area contributed by atoms with E-state index >= 15 is 0 Å². The topological polar surface area (TPSA) is 50.7 Å². The number of benzene rings is 2. The Hall–Kier alpha value is -2.04. The molecule has 0 unspecified atom stereocenters. The van der Waals surface area contributed by atoms with Crippen molar-refractivity contribution in [1.29, 1.82) is 0 Å². The summed E-state index contributed by atoms with van der Waals surface area (Å²) in [7, 11) is 0. The molecule has 0 fully saturated rings. The van der Waals surface area contributed by atoms with E-state index in [2.05, 4.69) is 31.2 Å². The first-order chi connectivity index (χ1) is 11.8. The number of nitrogens with one attached hydrogen (secondary N) is 1. The van der Waals surface area contributed by atoms with E-state index in [1.54, 1.807) is 18.2 Å². The summed E-state index contributed by atoms with van der Waals surface area (Å²) < 4.78 is 0. The number of rotatable bonds is 5. The Labute approximate surface area is 157 Å². The average Bonchev–Trinajstić information content (AvgIpc) is 2.52. The predicted molar refractivity (Wildman–Crippen MR) is 104 cm³/mol. The Morgan fingerprint density at radius 2 is 1.92 bits per heavy atom. The molecule has 0 atom stereocenters. The minimum absolute atomic E-state index is 0.0752. The largest absolute Gasteiger partial charge is 0.386 e. The molecule has 0 bridgehead atoms. The molecule has 0 heterocycles. The summed E-state index contributed by atoms with van der Waals surface area (Å²) in [5.74, 6) is -0.281. The molecule has 2 aromatic carbocycles. The van der Waals surface area contributed by atoms with E-state index in [0.29, 0.717) is 15.6 Å². The Kier molecular flexibility index (Phi) is 6.45. The number of hydrogen-bond acceptors (Lipinski definition) is 3. The zero-order valence-electron chi connectivity index (χ0n) is 14.3. The quantitative estimate of drug-likeness (QED) is 0.568. The van der Waals surface area contributed by atoms with Crippen molar-refractivity contribution in [1.82, 2.24) is 0 Å². The second-order valence-electron chi connectivity index (χ2n) is 6.52. The van der Waals surface area contributed by atoms with Crippen LogP contribution in [0.2, 0.25) is 10.0 Å². The second-order valence-corrected chi connectivity index (χ2v) is 7.36. The van der Waals surface area contributed by atoms with Crippen molar-refractivity contribution in [3.8, 4) is 0 Å². The molecule has 132 valence electrons. The number of nitrogens with zero attached hydrogens (tertiary/aromatic N) is 1. The summed E-state index contributed by atoms with van der Waals surface area (Å²) in [5.41, 5.74) is 2.41. The van der Waals surface area contributed by atoms with Crippen molar-refractivity contribution < 1.29 is 9.63 Å². The number of oxime groups is 1. The minimum atomic E-state index is -0.281. The zero-order chi connectivity index (χ0) is 18.4. The van der Waals surface area contributed by atoms with Gasteiger partial charge in [0.15, 0.2) is 6.61 Å². The van der Waals surface area contributed by atoms with Crippen LogP contribution in [-0.2, 0) is 15.0 Å². The van der Waals surface area contributed by atoms with Gasteiger partial charge in [-0.05, 0) is 29.2 Å². The highest BCUT2D eigenvalue weighted by molar-refractivity contribution is 6.36. The van der Waals surface area contributed by atoms with Crippen LogP contribution in [0.15, 0.2) is 47.6 Å². The molecule has 6 heteroatoms. The van der Waals surface area contributed by atoms with E-state index in [1.807, 2.05) is 24.3 Å². The lowest BCUT2D eigenvalue weighted by Crippen LogP contribution is -2.21. The minimum Gasteiger partial charge on any atom is -0.386 e. The fourth-order valence-corrected chi connectivity index (χ4v) is 2.69. The maximum Gasteiger partial charge on any atom is 0.265 e. The number of carbonyl (C=O) groups is 1. The van der Waals surface area contributed by atoms with E-state index in [9.17, 15) is 4.79 Å². The van der Waals surface area contributed by atoms with Gasteiger partial charge in [-0.15, -0.1) is 0 Å². The summed E-state index contributed by atoms with van der Waals surface area (Å²) in [5, 5.41) is 7.63. The van der Waals surface area contributed by atoms with Gasteiger partial charge in [0.2, 0.25) is 0 Å². The maximum atomic E-state index is 12.1.